The van der Waals surface area contributed by atoms with Crippen LogP contribution in [-0.2, 0) is 9.59 Å². The molecule has 0 amide bonds. The molecule has 1 aliphatic rings. The summed E-state index contributed by atoms with van der Waals surface area (Å²) < 4.78 is 11.1. The molecule has 31 heavy (non-hydrogen) atoms. The van der Waals surface area contributed by atoms with Crippen LogP contribution in [0.4, 0.5) is 0 Å². The minimum absolute atomic E-state index is 0.240. The Bertz CT molecular complexity index is 923. The van der Waals surface area contributed by atoms with Crippen molar-refractivity contribution in [1.82, 2.24) is 0 Å². The van der Waals surface area contributed by atoms with Crippen LogP contribution in [0.25, 0.3) is 12.2 Å². The summed E-state index contributed by atoms with van der Waals surface area (Å²) in [4.78, 5) is 26.0. The first-order valence-corrected chi connectivity index (χ1v) is 11.8. The van der Waals surface area contributed by atoms with E-state index in [-0.39, 0.29) is 17.1 Å². The van der Waals surface area contributed by atoms with Crippen molar-refractivity contribution >= 4 is 47.2 Å². The zero-order valence-electron chi connectivity index (χ0n) is 17.5. The Morgan fingerprint density at radius 1 is 0.742 bits per heavy atom. The summed E-state index contributed by atoms with van der Waals surface area (Å²) in [5.74, 6) is 2.77. The molecule has 0 N–H and O–H groups in total. The number of ketones is 2. The summed E-state index contributed by atoms with van der Waals surface area (Å²) in [5, 5.41) is 0. The number of rotatable bonds is 8. The second-order valence-corrected chi connectivity index (χ2v) is 9.12. The van der Waals surface area contributed by atoms with Gasteiger partial charge in [0.1, 0.15) is 11.5 Å². The van der Waals surface area contributed by atoms with E-state index in [9.17, 15) is 9.59 Å². The first kappa shape index (κ1) is 23.0. The number of thioether (sulfide) groups is 2. The lowest BCUT2D eigenvalue weighted by molar-refractivity contribution is -0.116. The summed E-state index contributed by atoms with van der Waals surface area (Å²) in [5.41, 5.74) is 1.97. The van der Waals surface area contributed by atoms with Gasteiger partial charge >= 0.3 is 0 Å². The van der Waals surface area contributed by atoms with Gasteiger partial charge in [-0.2, -0.15) is 0 Å². The number of hydrogen-bond acceptors (Lipinski definition) is 6. The van der Waals surface area contributed by atoms with Gasteiger partial charge in [0.2, 0.25) is 0 Å². The van der Waals surface area contributed by atoms with Crippen molar-refractivity contribution in [1.29, 1.82) is 0 Å². The highest BCUT2D eigenvalue weighted by Gasteiger charge is 2.22. The van der Waals surface area contributed by atoms with Crippen molar-refractivity contribution in [3.8, 4) is 11.5 Å². The molecule has 6 heteroatoms. The van der Waals surface area contributed by atoms with Crippen molar-refractivity contribution in [2.24, 2.45) is 0 Å². The Labute approximate surface area is 191 Å². The predicted molar refractivity (Wildman–Crippen MR) is 131 cm³/mol. The Morgan fingerprint density at radius 2 is 1.16 bits per heavy atom. The first-order valence-electron chi connectivity index (χ1n) is 9.83. The Balaban J connectivity index is 1.81. The van der Waals surface area contributed by atoms with Crippen molar-refractivity contribution < 1.29 is 19.1 Å². The molecule has 0 aliphatic carbocycles. The number of allylic oxidation sites excluding steroid dienone is 3. The fourth-order valence-corrected chi connectivity index (χ4v) is 5.49. The SMILES string of the molecule is COc1ccc(C=CC(=O)C(C(=O)C=Cc2ccc(OC)cc2)=C2SCCCS2)cc1. The summed E-state index contributed by atoms with van der Waals surface area (Å²) in [7, 11) is 3.22. The maximum atomic E-state index is 13.0. The average Bonchev–Trinajstić information content (AvgIpc) is 2.83. The molecule has 0 atom stereocenters. The third-order valence-electron chi connectivity index (χ3n) is 4.54. The van der Waals surface area contributed by atoms with Crippen LogP contribution in [0.3, 0.4) is 0 Å². The smallest absolute Gasteiger partial charge is 0.191 e. The predicted octanol–water partition coefficient (Wildman–Crippen LogP) is 5.65. The number of hydrogen-bond donors (Lipinski definition) is 0. The fourth-order valence-electron chi connectivity index (χ4n) is 2.84. The molecule has 1 heterocycles. The van der Waals surface area contributed by atoms with Gasteiger partial charge in [0, 0.05) is 0 Å². The van der Waals surface area contributed by atoms with Crippen molar-refractivity contribution in [2.75, 3.05) is 25.7 Å². The van der Waals surface area contributed by atoms with Gasteiger partial charge in [-0.15, -0.1) is 23.5 Å². The Morgan fingerprint density at radius 3 is 1.55 bits per heavy atom. The fraction of sp³-hybridized carbons (Fsp3) is 0.200. The van der Waals surface area contributed by atoms with Crippen LogP contribution in [0.1, 0.15) is 17.5 Å². The minimum atomic E-state index is -0.280. The second-order valence-electron chi connectivity index (χ2n) is 6.65. The Kier molecular flexibility index (Phi) is 8.62. The first-order chi connectivity index (χ1) is 15.1. The van der Waals surface area contributed by atoms with Gasteiger partial charge < -0.3 is 9.47 Å². The summed E-state index contributed by atoms with van der Waals surface area (Å²) >= 11 is 3.16. The van der Waals surface area contributed by atoms with E-state index in [1.54, 1.807) is 49.9 Å². The highest BCUT2D eigenvalue weighted by molar-refractivity contribution is 8.22. The third-order valence-corrected chi connectivity index (χ3v) is 7.16. The van der Waals surface area contributed by atoms with E-state index in [1.807, 2.05) is 48.5 Å². The van der Waals surface area contributed by atoms with Crippen LogP contribution in [-0.4, -0.2) is 37.3 Å². The monoisotopic (exact) mass is 452 g/mol. The van der Waals surface area contributed by atoms with Gasteiger partial charge in [0.25, 0.3) is 0 Å². The molecule has 0 radical (unpaired) electrons. The molecule has 4 nitrogen and oxygen atoms in total. The number of ether oxygens (including phenoxy) is 2. The summed E-state index contributed by atoms with van der Waals surface area (Å²) in [6.07, 6.45) is 7.46. The maximum Gasteiger partial charge on any atom is 0.191 e. The molecule has 0 spiro atoms. The number of carbonyl (C=O) groups is 2. The number of benzene rings is 2. The van der Waals surface area contributed by atoms with E-state index in [0.717, 1.165) is 44.8 Å². The van der Waals surface area contributed by atoms with Gasteiger partial charge in [-0.25, -0.2) is 0 Å². The molecule has 0 unspecified atom stereocenters. The van der Waals surface area contributed by atoms with Crippen LogP contribution in [0.2, 0.25) is 0 Å². The standard InChI is InChI=1S/C25H24O4S2/c1-28-20-10-4-18(5-11-20)8-14-22(26)24(25-30-16-3-17-31-25)23(27)15-9-19-6-12-21(29-2)13-7-19/h4-15H,3,16-17H2,1-2H3. The zero-order chi connectivity index (χ0) is 22.1. The van der Waals surface area contributed by atoms with E-state index in [4.69, 9.17) is 9.47 Å². The quantitative estimate of drug-likeness (QED) is 0.293. The zero-order valence-corrected chi connectivity index (χ0v) is 19.1. The molecule has 2 aromatic rings. The van der Waals surface area contributed by atoms with Gasteiger partial charge in [-0.3, -0.25) is 9.59 Å². The molecule has 2 aromatic carbocycles. The van der Waals surface area contributed by atoms with E-state index in [2.05, 4.69) is 0 Å². The van der Waals surface area contributed by atoms with Crippen LogP contribution in [0.15, 0.2) is 70.5 Å². The Hall–Kier alpha value is -2.70. The average molecular weight is 453 g/mol. The lowest BCUT2D eigenvalue weighted by atomic mass is 10.1. The van der Waals surface area contributed by atoms with Crippen LogP contribution in [0, 0.1) is 0 Å². The topological polar surface area (TPSA) is 52.6 Å². The van der Waals surface area contributed by atoms with Crippen LogP contribution < -0.4 is 9.47 Å². The van der Waals surface area contributed by atoms with E-state index in [1.165, 1.54) is 12.2 Å². The molecule has 1 aliphatic heterocycles. The van der Waals surface area contributed by atoms with E-state index in [0.29, 0.717) is 0 Å². The molecular formula is C25H24O4S2. The van der Waals surface area contributed by atoms with Gasteiger partial charge in [-0.05, 0) is 65.5 Å². The lowest BCUT2D eigenvalue weighted by Gasteiger charge is -2.15. The van der Waals surface area contributed by atoms with Crippen molar-refractivity contribution in [3.63, 3.8) is 0 Å². The molecule has 0 saturated carbocycles. The molecule has 1 fully saturated rings. The number of methoxy groups -OCH3 is 2. The van der Waals surface area contributed by atoms with Crippen molar-refractivity contribution in [3.05, 3.63) is 81.6 Å². The highest BCUT2D eigenvalue weighted by atomic mass is 32.2. The molecule has 0 aromatic heterocycles. The van der Waals surface area contributed by atoms with Gasteiger partial charge in [-0.1, -0.05) is 36.4 Å². The summed E-state index contributed by atoms with van der Waals surface area (Å²) in [6, 6.07) is 14.8. The molecular weight excluding hydrogens is 428 g/mol. The van der Waals surface area contributed by atoms with E-state index >= 15 is 0 Å². The van der Waals surface area contributed by atoms with Crippen LogP contribution in [0.5, 0.6) is 11.5 Å². The van der Waals surface area contributed by atoms with Crippen molar-refractivity contribution in [2.45, 2.75) is 6.42 Å². The van der Waals surface area contributed by atoms with E-state index < -0.39 is 0 Å². The van der Waals surface area contributed by atoms with Gasteiger partial charge in [0.05, 0.1) is 24.0 Å². The largest absolute Gasteiger partial charge is 0.497 e. The summed E-state index contributed by atoms with van der Waals surface area (Å²) in [6.45, 7) is 0. The van der Waals surface area contributed by atoms with Crippen LogP contribution >= 0.6 is 23.5 Å². The maximum absolute atomic E-state index is 13.0. The molecule has 3 rings (SSSR count). The number of carbonyl (C=O) groups excluding carboxylic acids is 2. The second kappa shape index (κ2) is 11.6. The third kappa shape index (κ3) is 6.64. The molecule has 0 bridgehead atoms. The van der Waals surface area contributed by atoms with Gasteiger partial charge in [0.15, 0.2) is 11.6 Å². The minimum Gasteiger partial charge on any atom is -0.497 e. The highest BCUT2D eigenvalue weighted by Crippen LogP contribution is 2.38. The normalized spacial score (nSPS) is 14.1. The molecule has 160 valence electrons. The lowest BCUT2D eigenvalue weighted by Crippen LogP contribution is -2.12. The molecule has 1 saturated heterocycles.